The van der Waals surface area contributed by atoms with Gasteiger partial charge < -0.3 is 15.2 Å². The van der Waals surface area contributed by atoms with E-state index in [0.717, 1.165) is 24.3 Å². The number of aryl methyl sites for hydroxylation is 1. The van der Waals surface area contributed by atoms with Crippen molar-refractivity contribution in [2.24, 2.45) is 0 Å². The molecule has 0 aliphatic carbocycles. The van der Waals surface area contributed by atoms with E-state index in [1.54, 1.807) is 6.92 Å². The van der Waals surface area contributed by atoms with Crippen LogP contribution < -0.4 is 5.32 Å². The number of nitrogens with zero attached hydrogens (tertiary/aromatic N) is 1. The fourth-order valence-corrected chi connectivity index (χ4v) is 2.65. The maximum Gasteiger partial charge on any atom is 0.355 e. The van der Waals surface area contributed by atoms with E-state index in [-0.39, 0.29) is 11.8 Å². The molecule has 17 heavy (non-hydrogen) atoms. The maximum atomic E-state index is 10.8. The number of carboxylic acid groups (broad SMARTS) is 1. The van der Waals surface area contributed by atoms with Crippen molar-refractivity contribution < 1.29 is 14.6 Å². The molecule has 0 bridgehead atoms. The van der Waals surface area contributed by atoms with Crippen molar-refractivity contribution >= 4 is 22.4 Å². The van der Waals surface area contributed by atoms with Gasteiger partial charge in [0, 0.05) is 18.0 Å². The van der Waals surface area contributed by atoms with Crippen molar-refractivity contribution in [1.29, 1.82) is 0 Å². The van der Waals surface area contributed by atoms with Crippen LogP contribution in [0.1, 0.15) is 34.6 Å². The van der Waals surface area contributed by atoms with E-state index >= 15 is 0 Å². The average Bonchev–Trinajstić information content (AvgIpc) is 2.69. The highest BCUT2D eigenvalue weighted by atomic mass is 32.1. The van der Waals surface area contributed by atoms with Gasteiger partial charge in [0.05, 0.1) is 6.10 Å². The van der Waals surface area contributed by atoms with E-state index in [1.807, 2.05) is 0 Å². The highest BCUT2D eigenvalue weighted by Crippen LogP contribution is 2.22. The number of rotatable bonds is 4. The number of hydrogen-bond acceptors (Lipinski definition) is 5. The third kappa shape index (κ3) is 3.17. The zero-order valence-corrected chi connectivity index (χ0v) is 10.5. The summed E-state index contributed by atoms with van der Waals surface area (Å²) in [4.78, 5) is 15.6. The molecule has 2 heterocycles. The van der Waals surface area contributed by atoms with Crippen molar-refractivity contribution in [3.63, 3.8) is 0 Å². The van der Waals surface area contributed by atoms with Crippen molar-refractivity contribution in [2.45, 2.75) is 32.3 Å². The van der Waals surface area contributed by atoms with E-state index in [9.17, 15) is 4.79 Å². The molecule has 1 aromatic rings. The molecular weight excluding hydrogens is 240 g/mol. The molecule has 94 valence electrons. The minimum absolute atomic E-state index is 0.141. The standard InChI is InChI=1S/C11H16N2O3S/c1-7-9(10(14)15)13-11(17-7)12-6-8-4-2-3-5-16-8/h8H,2-6H2,1H3,(H,12,13)(H,14,15). The van der Waals surface area contributed by atoms with Crippen LogP contribution in [0.25, 0.3) is 0 Å². The third-order valence-electron chi connectivity index (χ3n) is 2.75. The smallest absolute Gasteiger partial charge is 0.355 e. The van der Waals surface area contributed by atoms with Crippen molar-refractivity contribution in [3.8, 4) is 0 Å². The van der Waals surface area contributed by atoms with Crippen LogP contribution in [0.5, 0.6) is 0 Å². The van der Waals surface area contributed by atoms with Gasteiger partial charge in [0.1, 0.15) is 0 Å². The second-order valence-electron chi connectivity index (χ2n) is 4.10. The molecule has 0 amide bonds. The summed E-state index contributed by atoms with van der Waals surface area (Å²) >= 11 is 1.37. The average molecular weight is 256 g/mol. The fraction of sp³-hybridized carbons (Fsp3) is 0.636. The molecule has 0 aromatic carbocycles. The Morgan fingerprint density at radius 1 is 1.65 bits per heavy atom. The van der Waals surface area contributed by atoms with Gasteiger partial charge in [0.25, 0.3) is 0 Å². The largest absolute Gasteiger partial charge is 0.476 e. The summed E-state index contributed by atoms with van der Waals surface area (Å²) in [6.45, 7) is 3.29. The Labute approximate surface area is 104 Å². The second kappa shape index (κ2) is 5.46. The van der Waals surface area contributed by atoms with Crippen molar-refractivity contribution in [2.75, 3.05) is 18.5 Å². The minimum atomic E-state index is -0.972. The first-order valence-electron chi connectivity index (χ1n) is 5.73. The monoisotopic (exact) mass is 256 g/mol. The summed E-state index contributed by atoms with van der Waals surface area (Å²) in [6, 6.07) is 0. The first-order valence-corrected chi connectivity index (χ1v) is 6.54. The fourth-order valence-electron chi connectivity index (χ4n) is 1.84. The Balaban J connectivity index is 1.90. The SMILES string of the molecule is Cc1sc(NCC2CCCCO2)nc1C(=O)O. The van der Waals surface area contributed by atoms with Gasteiger partial charge in [-0.25, -0.2) is 9.78 Å². The van der Waals surface area contributed by atoms with E-state index in [2.05, 4.69) is 10.3 Å². The zero-order valence-electron chi connectivity index (χ0n) is 9.73. The summed E-state index contributed by atoms with van der Waals surface area (Å²) in [5.41, 5.74) is 0.141. The highest BCUT2D eigenvalue weighted by Gasteiger charge is 2.16. The molecule has 1 saturated heterocycles. The van der Waals surface area contributed by atoms with Crippen LogP contribution in [-0.4, -0.2) is 35.3 Å². The Kier molecular flexibility index (Phi) is 3.96. The zero-order chi connectivity index (χ0) is 12.3. The van der Waals surface area contributed by atoms with Crippen LogP contribution in [0.15, 0.2) is 0 Å². The van der Waals surface area contributed by atoms with Crippen molar-refractivity contribution in [3.05, 3.63) is 10.6 Å². The molecule has 1 aromatic heterocycles. The van der Waals surface area contributed by atoms with E-state index in [4.69, 9.17) is 9.84 Å². The second-order valence-corrected chi connectivity index (χ2v) is 5.30. The first kappa shape index (κ1) is 12.3. The number of carboxylic acids is 1. The molecule has 0 radical (unpaired) electrons. The lowest BCUT2D eigenvalue weighted by molar-refractivity contribution is 0.0247. The molecular formula is C11H16N2O3S. The molecule has 0 saturated carbocycles. The predicted molar refractivity (Wildman–Crippen MR) is 65.9 cm³/mol. The number of carbonyl (C=O) groups is 1. The number of thiazole rings is 1. The summed E-state index contributed by atoms with van der Waals surface area (Å²) in [5, 5.41) is 12.7. The Bertz CT molecular complexity index is 399. The van der Waals surface area contributed by atoms with Gasteiger partial charge in [-0.3, -0.25) is 0 Å². The molecule has 1 aliphatic rings. The lowest BCUT2D eigenvalue weighted by Gasteiger charge is -2.22. The van der Waals surface area contributed by atoms with E-state index < -0.39 is 5.97 Å². The molecule has 1 unspecified atom stereocenters. The first-order chi connectivity index (χ1) is 8.16. The Hall–Kier alpha value is -1.14. The van der Waals surface area contributed by atoms with Gasteiger partial charge in [-0.1, -0.05) is 0 Å². The Morgan fingerprint density at radius 2 is 2.47 bits per heavy atom. The highest BCUT2D eigenvalue weighted by molar-refractivity contribution is 7.15. The Morgan fingerprint density at radius 3 is 3.06 bits per heavy atom. The lowest BCUT2D eigenvalue weighted by Crippen LogP contribution is -2.26. The summed E-state index contributed by atoms with van der Waals surface area (Å²) in [5.74, 6) is -0.972. The molecule has 0 spiro atoms. The van der Waals surface area contributed by atoms with Crippen molar-refractivity contribution in [1.82, 2.24) is 4.98 Å². The van der Waals surface area contributed by atoms with Gasteiger partial charge in [-0.2, -0.15) is 0 Å². The quantitative estimate of drug-likeness (QED) is 0.863. The summed E-state index contributed by atoms with van der Waals surface area (Å²) in [6.07, 6.45) is 3.62. The number of anilines is 1. The molecule has 6 heteroatoms. The van der Waals surface area contributed by atoms with Crippen LogP contribution in [0.3, 0.4) is 0 Å². The van der Waals surface area contributed by atoms with Gasteiger partial charge in [-0.05, 0) is 26.2 Å². The number of aromatic carboxylic acids is 1. The minimum Gasteiger partial charge on any atom is -0.476 e. The molecule has 5 nitrogen and oxygen atoms in total. The van der Waals surface area contributed by atoms with Crippen LogP contribution in [0.2, 0.25) is 0 Å². The van der Waals surface area contributed by atoms with Gasteiger partial charge >= 0.3 is 5.97 Å². The molecule has 2 rings (SSSR count). The normalized spacial score (nSPS) is 20.2. The molecule has 2 N–H and O–H groups in total. The third-order valence-corrected chi connectivity index (χ3v) is 3.68. The number of ether oxygens (including phenoxy) is 1. The van der Waals surface area contributed by atoms with E-state index in [1.165, 1.54) is 17.8 Å². The van der Waals surface area contributed by atoms with Crippen LogP contribution in [-0.2, 0) is 4.74 Å². The molecule has 1 fully saturated rings. The summed E-state index contributed by atoms with van der Waals surface area (Å²) < 4.78 is 5.58. The lowest BCUT2D eigenvalue weighted by atomic mass is 10.1. The number of hydrogen-bond donors (Lipinski definition) is 2. The molecule has 1 atom stereocenters. The van der Waals surface area contributed by atoms with Gasteiger partial charge in [0.15, 0.2) is 10.8 Å². The number of nitrogens with one attached hydrogen (secondary N) is 1. The van der Waals surface area contributed by atoms with Crippen LogP contribution in [0, 0.1) is 6.92 Å². The topological polar surface area (TPSA) is 71.5 Å². The van der Waals surface area contributed by atoms with Crippen LogP contribution in [0.4, 0.5) is 5.13 Å². The van der Waals surface area contributed by atoms with Gasteiger partial charge in [-0.15, -0.1) is 11.3 Å². The van der Waals surface area contributed by atoms with E-state index in [0.29, 0.717) is 11.7 Å². The van der Waals surface area contributed by atoms with Gasteiger partial charge in [0.2, 0.25) is 0 Å². The number of aromatic nitrogens is 1. The predicted octanol–water partition coefficient (Wildman–Crippen LogP) is 2.13. The maximum absolute atomic E-state index is 10.8. The molecule has 1 aliphatic heterocycles. The summed E-state index contributed by atoms with van der Waals surface area (Å²) in [7, 11) is 0. The van der Waals surface area contributed by atoms with Crippen LogP contribution >= 0.6 is 11.3 Å².